The molecule has 3 aromatic rings. The maximum Gasteiger partial charge on any atom is 0.246 e. The van der Waals surface area contributed by atoms with E-state index in [2.05, 4.69) is 74.5 Å². The van der Waals surface area contributed by atoms with Crippen LogP contribution in [-0.2, 0) is 17.1 Å². The Morgan fingerprint density at radius 1 is 0.903 bits per heavy atom. The highest BCUT2D eigenvalue weighted by atomic mass is 79.9. The monoisotopic (exact) mass is 502 g/mol. The zero-order chi connectivity index (χ0) is 22.2. The summed E-state index contributed by atoms with van der Waals surface area (Å²) in [5.41, 5.74) is 3.64. The molecule has 1 aliphatic rings. The van der Waals surface area contributed by atoms with Crippen molar-refractivity contribution in [2.45, 2.75) is 24.8 Å². The van der Waals surface area contributed by atoms with E-state index in [1.165, 1.54) is 11.1 Å². The molecule has 1 aromatic heterocycles. The quantitative estimate of drug-likeness (QED) is 0.530. The van der Waals surface area contributed by atoms with Crippen molar-refractivity contribution in [3.05, 3.63) is 81.6 Å². The third-order valence-electron chi connectivity index (χ3n) is 5.98. The zero-order valence-electron chi connectivity index (χ0n) is 18.0. The standard InChI is InChI=1S/C23H27BrN4O2S/c1-17-23(18(2)26(3)25-17)31(29,30)28-15-13-27(14-16-28)22(19-7-5-4-6-8-19)20-9-11-21(24)12-10-20/h4-12,22H,13-16H2,1-3H3/t22-/m0/s1. The second kappa shape index (κ2) is 8.86. The average Bonchev–Trinajstić information content (AvgIpc) is 3.02. The van der Waals surface area contributed by atoms with E-state index in [-0.39, 0.29) is 6.04 Å². The first-order valence-corrected chi connectivity index (χ1v) is 12.6. The fourth-order valence-corrected chi connectivity index (χ4v) is 6.44. The van der Waals surface area contributed by atoms with E-state index in [0.717, 1.165) is 4.47 Å². The Bertz CT molecular complexity index is 1150. The molecule has 1 aliphatic heterocycles. The van der Waals surface area contributed by atoms with Crippen molar-refractivity contribution in [2.24, 2.45) is 7.05 Å². The number of aryl methyl sites for hydroxylation is 2. The van der Waals surface area contributed by atoms with Crippen LogP contribution in [0.15, 0.2) is 64.0 Å². The number of hydrogen-bond donors (Lipinski definition) is 0. The highest BCUT2D eigenvalue weighted by molar-refractivity contribution is 9.10. The van der Waals surface area contributed by atoms with Crippen LogP contribution in [0.4, 0.5) is 0 Å². The van der Waals surface area contributed by atoms with Gasteiger partial charge in [-0.25, -0.2) is 8.42 Å². The highest BCUT2D eigenvalue weighted by Gasteiger charge is 2.35. The normalized spacial score (nSPS) is 17.0. The molecule has 31 heavy (non-hydrogen) atoms. The smallest absolute Gasteiger partial charge is 0.246 e. The van der Waals surface area contributed by atoms with Crippen LogP contribution in [0.5, 0.6) is 0 Å². The van der Waals surface area contributed by atoms with Crippen molar-refractivity contribution < 1.29 is 8.42 Å². The summed E-state index contributed by atoms with van der Waals surface area (Å²) < 4.78 is 31.0. The van der Waals surface area contributed by atoms with Gasteiger partial charge in [0.2, 0.25) is 10.0 Å². The van der Waals surface area contributed by atoms with Crippen molar-refractivity contribution in [2.75, 3.05) is 26.2 Å². The maximum absolute atomic E-state index is 13.3. The second-order valence-electron chi connectivity index (χ2n) is 7.93. The van der Waals surface area contributed by atoms with Crippen LogP contribution in [0.25, 0.3) is 0 Å². The zero-order valence-corrected chi connectivity index (χ0v) is 20.4. The predicted molar refractivity (Wildman–Crippen MR) is 125 cm³/mol. The minimum Gasteiger partial charge on any atom is -0.290 e. The van der Waals surface area contributed by atoms with E-state index in [1.54, 1.807) is 23.0 Å². The van der Waals surface area contributed by atoms with Crippen molar-refractivity contribution in [3.8, 4) is 0 Å². The topological polar surface area (TPSA) is 58.4 Å². The fourth-order valence-electron chi connectivity index (χ4n) is 4.35. The average molecular weight is 503 g/mol. The van der Waals surface area contributed by atoms with Crippen LogP contribution >= 0.6 is 15.9 Å². The molecule has 1 saturated heterocycles. The van der Waals surface area contributed by atoms with Gasteiger partial charge in [-0.2, -0.15) is 9.40 Å². The molecule has 1 atom stereocenters. The number of aromatic nitrogens is 2. The lowest BCUT2D eigenvalue weighted by atomic mass is 9.96. The number of nitrogens with zero attached hydrogens (tertiary/aromatic N) is 4. The highest BCUT2D eigenvalue weighted by Crippen LogP contribution is 2.32. The second-order valence-corrected chi connectivity index (χ2v) is 10.7. The Balaban J connectivity index is 1.59. The van der Waals surface area contributed by atoms with Gasteiger partial charge in [0.05, 0.1) is 17.4 Å². The van der Waals surface area contributed by atoms with Gasteiger partial charge >= 0.3 is 0 Å². The van der Waals surface area contributed by atoms with Crippen LogP contribution in [0, 0.1) is 13.8 Å². The molecule has 0 saturated carbocycles. The summed E-state index contributed by atoms with van der Waals surface area (Å²) in [6.45, 7) is 5.80. The van der Waals surface area contributed by atoms with Crippen molar-refractivity contribution in [3.63, 3.8) is 0 Å². The van der Waals surface area contributed by atoms with Gasteiger partial charge in [-0.15, -0.1) is 0 Å². The first-order chi connectivity index (χ1) is 14.8. The molecule has 0 N–H and O–H groups in total. The molecule has 0 spiro atoms. The molecule has 0 amide bonds. The lowest BCUT2D eigenvalue weighted by molar-refractivity contribution is 0.155. The maximum atomic E-state index is 13.3. The van der Waals surface area contributed by atoms with E-state index < -0.39 is 10.0 Å². The number of halogens is 1. The molecule has 1 fully saturated rings. The van der Waals surface area contributed by atoms with Crippen molar-refractivity contribution in [1.29, 1.82) is 0 Å². The van der Waals surface area contributed by atoms with Gasteiger partial charge in [0.25, 0.3) is 0 Å². The number of hydrogen-bond acceptors (Lipinski definition) is 4. The summed E-state index contributed by atoms with van der Waals surface area (Å²) in [5, 5.41) is 4.30. The van der Waals surface area contributed by atoms with Crippen molar-refractivity contribution in [1.82, 2.24) is 19.0 Å². The first kappa shape index (κ1) is 22.2. The summed E-state index contributed by atoms with van der Waals surface area (Å²) in [5.74, 6) is 0. The molecule has 0 bridgehead atoms. The van der Waals surface area contributed by atoms with Crippen LogP contribution in [0.1, 0.15) is 28.6 Å². The number of piperazine rings is 1. The van der Waals surface area contributed by atoms with Crippen LogP contribution in [0.3, 0.4) is 0 Å². The molecule has 8 heteroatoms. The van der Waals surface area contributed by atoms with Gasteiger partial charge < -0.3 is 0 Å². The number of sulfonamides is 1. The third kappa shape index (κ3) is 4.35. The van der Waals surface area contributed by atoms with E-state index in [9.17, 15) is 8.42 Å². The minimum atomic E-state index is -3.57. The summed E-state index contributed by atoms with van der Waals surface area (Å²) in [6, 6.07) is 18.9. The third-order valence-corrected chi connectivity index (χ3v) is 8.66. The fraction of sp³-hybridized carbons (Fsp3) is 0.348. The predicted octanol–water partition coefficient (Wildman–Crippen LogP) is 3.90. The molecular formula is C23H27BrN4O2S. The summed E-state index contributed by atoms with van der Waals surface area (Å²) >= 11 is 3.52. The first-order valence-electron chi connectivity index (χ1n) is 10.3. The Hall–Kier alpha value is -2.00. The van der Waals surface area contributed by atoms with E-state index in [4.69, 9.17) is 0 Å². The van der Waals surface area contributed by atoms with Gasteiger partial charge in [0.1, 0.15) is 4.90 Å². The lowest BCUT2D eigenvalue weighted by Gasteiger charge is -2.39. The SMILES string of the molecule is Cc1nn(C)c(C)c1S(=O)(=O)N1CCN([C@@H](c2ccccc2)c2ccc(Br)cc2)CC1. The van der Waals surface area contributed by atoms with Gasteiger partial charge in [0.15, 0.2) is 0 Å². The number of rotatable bonds is 5. The molecule has 4 rings (SSSR count). The molecule has 0 radical (unpaired) electrons. The van der Waals surface area contributed by atoms with Crippen molar-refractivity contribution >= 4 is 26.0 Å². The molecule has 2 aromatic carbocycles. The van der Waals surface area contributed by atoms with Crippen LogP contribution in [-0.4, -0.2) is 53.6 Å². The molecular weight excluding hydrogens is 476 g/mol. The van der Waals surface area contributed by atoms with Gasteiger partial charge in [-0.05, 0) is 37.1 Å². The molecule has 2 heterocycles. The Kier molecular flexibility index (Phi) is 6.35. The van der Waals surface area contributed by atoms with Gasteiger partial charge in [0, 0.05) is 37.7 Å². The Morgan fingerprint density at radius 3 is 2.03 bits per heavy atom. The summed E-state index contributed by atoms with van der Waals surface area (Å²) in [7, 11) is -1.79. The van der Waals surface area contributed by atoms with Crippen LogP contribution < -0.4 is 0 Å². The Morgan fingerprint density at radius 2 is 1.48 bits per heavy atom. The molecule has 164 valence electrons. The summed E-state index contributed by atoms with van der Waals surface area (Å²) in [6.07, 6.45) is 0. The van der Waals surface area contributed by atoms with Gasteiger partial charge in [-0.1, -0.05) is 58.4 Å². The molecule has 0 unspecified atom stereocenters. The summed E-state index contributed by atoms with van der Waals surface area (Å²) in [4.78, 5) is 2.71. The van der Waals surface area contributed by atoms with Crippen LogP contribution in [0.2, 0.25) is 0 Å². The Labute approximate surface area is 192 Å². The van der Waals surface area contributed by atoms with E-state index in [1.807, 2.05) is 13.0 Å². The lowest BCUT2D eigenvalue weighted by Crippen LogP contribution is -2.49. The van der Waals surface area contributed by atoms with E-state index in [0.29, 0.717) is 42.5 Å². The van der Waals surface area contributed by atoms with E-state index >= 15 is 0 Å². The number of benzene rings is 2. The molecule has 0 aliphatic carbocycles. The minimum absolute atomic E-state index is 0.0843. The largest absolute Gasteiger partial charge is 0.290 e. The van der Waals surface area contributed by atoms with Gasteiger partial charge in [-0.3, -0.25) is 9.58 Å². The molecule has 6 nitrogen and oxygen atoms in total.